The second kappa shape index (κ2) is 5.01. The average molecular weight is 249 g/mol. The monoisotopic (exact) mass is 249 g/mol. The van der Waals surface area contributed by atoms with Gasteiger partial charge in [0.1, 0.15) is 6.20 Å². The molecule has 0 aliphatic rings. The van der Waals surface area contributed by atoms with E-state index in [-0.39, 0.29) is 5.82 Å². The molecule has 0 spiro atoms. The van der Waals surface area contributed by atoms with Gasteiger partial charge in [-0.3, -0.25) is 0 Å². The van der Waals surface area contributed by atoms with E-state index in [4.69, 9.17) is 0 Å². The Balaban J connectivity index is 2.11. The normalized spacial score (nSPS) is 10.4. The summed E-state index contributed by atoms with van der Waals surface area (Å²) < 4.78 is 1.70. The number of nitro groups is 1. The zero-order chi connectivity index (χ0) is 12.3. The summed E-state index contributed by atoms with van der Waals surface area (Å²) in [7, 11) is 0. The van der Waals surface area contributed by atoms with Gasteiger partial charge < -0.3 is 14.7 Å². The Morgan fingerprint density at radius 2 is 2.12 bits per heavy atom. The molecule has 6 heteroatoms. The number of imidazole rings is 1. The number of rotatable bonds is 4. The maximum Gasteiger partial charge on any atom is 0.381 e. The first-order valence-electron chi connectivity index (χ1n) is 4.98. The van der Waals surface area contributed by atoms with Crippen LogP contribution in [0.15, 0.2) is 41.7 Å². The molecule has 0 unspecified atom stereocenters. The lowest BCUT2D eigenvalue weighted by atomic mass is 10.2. The van der Waals surface area contributed by atoms with Crippen molar-refractivity contribution in [1.29, 1.82) is 0 Å². The van der Waals surface area contributed by atoms with E-state index in [1.165, 1.54) is 17.4 Å². The third-order valence-corrected chi connectivity index (χ3v) is 3.07. The largest absolute Gasteiger partial charge is 0.381 e. The molecule has 17 heavy (non-hydrogen) atoms. The summed E-state index contributed by atoms with van der Waals surface area (Å²) >= 11 is 1.68. The van der Waals surface area contributed by atoms with Crippen LogP contribution in [0.5, 0.6) is 0 Å². The topological polar surface area (TPSA) is 61.0 Å². The van der Waals surface area contributed by atoms with Crippen molar-refractivity contribution in [2.45, 2.75) is 11.4 Å². The lowest BCUT2D eigenvalue weighted by Gasteiger charge is -2.02. The maximum absolute atomic E-state index is 10.5. The van der Waals surface area contributed by atoms with E-state index < -0.39 is 4.92 Å². The number of hydrogen-bond donors (Lipinski definition) is 0. The molecule has 0 radical (unpaired) electrons. The summed E-state index contributed by atoms with van der Waals surface area (Å²) in [6, 6.07) is 8.09. The molecule has 2 aromatic rings. The Kier molecular flexibility index (Phi) is 3.43. The Morgan fingerprint density at radius 1 is 1.41 bits per heavy atom. The molecule has 0 aliphatic heterocycles. The van der Waals surface area contributed by atoms with E-state index in [2.05, 4.69) is 4.98 Å². The zero-order valence-corrected chi connectivity index (χ0v) is 10.1. The SMILES string of the molecule is CSc1ccc(Cn2cnc([N+](=O)[O-])c2)cc1. The van der Waals surface area contributed by atoms with Gasteiger partial charge in [0.15, 0.2) is 0 Å². The molecule has 0 fully saturated rings. The Bertz CT molecular complexity index is 522. The van der Waals surface area contributed by atoms with Crippen molar-refractivity contribution in [3.05, 3.63) is 52.5 Å². The summed E-state index contributed by atoms with van der Waals surface area (Å²) in [6.45, 7) is 0.593. The molecule has 0 saturated heterocycles. The van der Waals surface area contributed by atoms with Crippen LogP contribution in [0.2, 0.25) is 0 Å². The van der Waals surface area contributed by atoms with Crippen LogP contribution in [-0.2, 0) is 6.54 Å². The fraction of sp³-hybridized carbons (Fsp3) is 0.182. The van der Waals surface area contributed by atoms with Crippen molar-refractivity contribution in [3.8, 4) is 0 Å². The Hall–Kier alpha value is -1.82. The average Bonchev–Trinajstić information content (AvgIpc) is 2.79. The molecule has 1 aromatic heterocycles. The van der Waals surface area contributed by atoms with E-state index in [0.717, 1.165) is 5.56 Å². The molecular weight excluding hydrogens is 238 g/mol. The second-order valence-corrected chi connectivity index (χ2v) is 4.39. The molecule has 0 bridgehead atoms. The Morgan fingerprint density at radius 3 is 2.65 bits per heavy atom. The molecule has 0 atom stereocenters. The van der Waals surface area contributed by atoms with E-state index >= 15 is 0 Å². The highest BCUT2D eigenvalue weighted by molar-refractivity contribution is 7.98. The second-order valence-electron chi connectivity index (χ2n) is 3.51. The van der Waals surface area contributed by atoms with Gasteiger partial charge in [-0.15, -0.1) is 11.8 Å². The minimum absolute atomic E-state index is 0.120. The number of nitrogens with zero attached hydrogens (tertiary/aromatic N) is 3. The van der Waals surface area contributed by atoms with Gasteiger partial charge in [0, 0.05) is 4.90 Å². The van der Waals surface area contributed by atoms with E-state index in [1.807, 2.05) is 30.5 Å². The van der Waals surface area contributed by atoms with E-state index in [9.17, 15) is 10.1 Å². The molecule has 88 valence electrons. The third-order valence-electron chi connectivity index (χ3n) is 2.33. The van der Waals surface area contributed by atoms with Gasteiger partial charge in [-0.25, -0.2) is 0 Å². The van der Waals surface area contributed by atoms with E-state index in [0.29, 0.717) is 6.54 Å². The lowest BCUT2D eigenvalue weighted by Crippen LogP contribution is -1.96. The van der Waals surface area contributed by atoms with Crippen LogP contribution in [0, 0.1) is 10.1 Å². The summed E-state index contributed by atoms with van der Waals surface area (Å²) in [5.74, 6) is -0.120. The zero-order valence-electron chi connectivity index (χ0n) is 9.24. The molecule has 0 saturated carbocycles. The van der Waals surface area contributed by atoms with Crippen LogP contribution >= 0.6 is 11.8 Å². The van der Waals surface area contributed by atoms with Crippen molar-refractivity contribution in [3.63, 3.8) is 0 Å². The lowest BCUT2D eigenvalue weighted by molar-refractivity contribution is -0.389. The van der Waals surface area contributed by atoms with Crippen LogP contribution in [-0.4, -0.2) is 20.7 Å². The summed E-state index contributed by atoms with van der Waals surface area (Å²) in [4.78, 5) is 14.9. The quantitative estimate of drug-likeness (QED) is 0.474. The van der Waals surface area contributed by atoms with Gasteiger partial charge in [-0.2, -0.15) is 0 Å². The minimum Gasteiger partial charge on any atom is -0.358 e. The summed E-state index contributed by atoms with van der Waals surface area (Å²) in [5, 5.41) is 10.5. The van der Waals surface area contributed by atoms with Gasteiger partial charge in [0.05, 0.1) is 6.54 Å². The van der Waals surface area contributed by atoms with Crippen LogP contribution in [0.4, 0.5) is 5.82 Å². The first kappa shape index (κ1) is 11.7. The number of thioether (sulfide) groups is 1. The number of benzene rings is 1. The molecule has 0 N–H and O–H groups in total. The molecule has 1 aromatic carbocycles. The highest BCUT2D eigenvalue weighted by Gasteiger charge is 2.09. The van der Waals surface area contributed by atoms with Crippen molar-refractivity contribution >= 4 is 17.6 Å². The van der Waals surface area contributed by atoms with E-state index in [1.54, 1.807) is 16.3 Å². The predicted octanol–water partition coefficient (Wildman–Crippen LogP) is 2.56. The molecular formula is C11H11N3O2S. The minimum atomic E-state index is -0.493. The maximum atomic E-state index is 10.5. The van der Waals surface area contributed by atoms with Gasteiger partial charge in [0.25, 0.3) is 0 Å². The van der Waals surface area contributed by atoms with Crippen molar-refractivity contribution in [1.82, 2.24) is 9.55 Å². The molecule has 1 heterocycles. The van der Waals surface area contributed by atoms with Gasteiger partial charge >= 0.3 is 5.82 Å². The van der Waals surface area contributed by atoms with Gasteiger partial charge in [-0.1, -0.05) is 12.1 Å². The van der Waals surface area contributed by atoms with Gasteiger partial charge in [0.2, 0.25) is 6.33 Å². The summed E-state index contributed by atoms with van der Waals surface area (Å²) in [6.07, 6.45) is 4.93. The first-order valence-corrected chi connectivity index (χ1v) is 6.20. The van der Waals surface area contributed by atoms with Crippen LogP contribution in [0.1, 0.15) is 5.56 Å². The smallest absolute Gasteiger partial charge is 0.358 e. The van der Waals surface area contributed by atoms with Crippen LogP contribution in [0.25, 0.3) is 0 Å². The summed E-state index contributed by atoms with van der Waals surface area (Å²) in [5.41, 5.74) is 1.09. The molecule has 0 amide bonds. The fourth-order valence-corrected chi connectivity index (χ4v) is 1.88. The standard InChI is InChI=1S/C11H11N3O2S/c1-17-10-4-2-9(3-5-10)6-13-7-11(12-8-13)14(15)16/h2-5,7-8H,6H2,1H3. The number of hydrogen-bond acceptors (Lipinski definition) is 4. The highest BCUT2D eigenvalue weighted by atomic mass is 32.2. The van der Waals surface area contributed by atoms with Gasteiger partial charge in [-0.05, 0) is 33.9 Å². The van der Waals surface area contributed by atoms with Crippen molar-refractivity contribution < 1.29 is 4.92 Å². The first-order chi connectivity index (χ1) is 8.19. The molecule has 0 aliphatic carbocycles. The highest BCUT2D eigenvalue weighted by Crippen LogP contribution is 2.16. The fourth-order valence-electron chi connectivity index (χ4n) is 1.47. The Labute approximate surface area is 103 Å². The predicted molar refractivity (Wildman–Crippen MR) is 66.2 cm³/mol. The number of aromatic nitrogens is 2. The third kappa shape index (κ3) is 2.85. The molecule has 5 nitrogen and oxygen atoms in total. The van der Waals surface area contributed by atoms with Crippen LogP contribution < -0.4 is 0 Å². The van der Waals surface area contributed by atoms with Crippen molar-refractivity contribution in [2.75, 3.05) is 6.26 Å². The molecule has 2 rings (SSSR count). The van der Waals surface area contributed by atoms with Crippen molar-refractivity contribution in [2.24, 2.45) is 0 Å². The van der Waals surface area contributed by atoms with Crippen LogP contribution in [0.3, 0.4) is 0 Å².